The molecule has 3 N–H and O–H groups in total. The van der Waals surface area contributed by atoms with E-state index < -0.39 is 13.0 Å². The Morgan fingerprint density at radius 3 is 2.46 bits per heavy atom. The van der Waals surface area contributed by atoms with E-state index in [2.05, 4.69) is 37.4 Å². The highest BCUT2D eigenvalue weighted by Gasteiger charge is 2.19. The second kappa shape index (κ2) is 12.7. The lowest BCUT2D eigenvalue weighted by Crippen LogP contribution is -2.29. The first-order valence-electron chi connectivity index (χ1n) is 12.2. The van der Waals surface area contributed by atoms with E-state index >= 15 is 0 Å². The van der Waals surface area contributed by atoms with E-state index in [-0.39, 0.29) is 17.7 Å². The van der Waals surface area contributed by atoms with Crippen LogP contribution in [-0.2, 0) is 9.36 Å². The number of amides is 1. The zero-order valence-corrected chi connectivity index (χ0v) is 24.0. The second-order valence-corrected chi connectivity index (χ2v) is 12.7. The third-order valence-electron chi connectivity index (χ3n) is 5.78. The SMILES string of the molecule is C=CC(=O)Nc1cc(Nc2ncc(F)c(Nc3ccccc3P(C)(C)=O)n2)c(OC)cc1N(C)CCN(C)C. The Balaban J connectivity index is 1.99. The summed E-state index contributed by atoms with van der Waals surface area (Å²) in [6, 6.07) is 10.5. The van der Waals surface area contributed by atoms with Crippen LogP contribution in [0.25, 0.3) is 0 Å². The maximum atomic E-state index is 14.7. The third kappa shape index (κ3) is 7.78. The summed E-state index contributed by atoms with van der Waals surface area (Å²) in [4.78, 5) is 24.6. The molecule has 0 fully saturated rings. The maximum Gasteiger partial charge on any atom is 0.247 e. The van der Waals surface area contributed by atoms with Crippen molar-refractivity contribution in [3.05, 3.63) is 61.1 Å². The molecule has 1 amide bonds. The molecule has 0 saturated carbocycles. The van der Waals surface area contributed by atoms with Crippen molar-refractivity contribution in [3.63, 3.8) is 0 Å². The van der Waals surface area contributed by atoms with Gasteiger partial charge >= 0.3 is 0 Å². The Bertz CT molecular complexity index is 1390. The van der Waals surface area contributed by atoms with E-state index in [9.17, 15) is 13.8 Å². The first-order chi connectivity index (χ1) is 18.4. The molecule has 0 aliphatic carbocycles. The number of carbonyl (C=O) groups is 1. The third-order valence-corrected chi connectivity index (χ3v) is 7.33. The Morgan fingerprint density at radius 1 is 1.10 bits per heavy atom. The Labute approximate surface area is 228 Å². The molecule has 0 spiro atoms. The predicted octanol–water partition coefficient (Wildman–Crippen LogP) is 4.48. The van der Waals surface area contributed by atoms with Crippen molar-refractivity contribution in [1.82, 2.24) is 14.9 Å². The van der Waals surface area contributed by atoms with Gasteiger partial charge < -0.3 is 35.1 Å². The molecule has 1 aromatic heterocycles. The highest BCUT2D eigenvalue weighted by atomic mass is 31.2. The van der Waals surface area contributed by atoms with Crippen LogP contribution in [-0.4, -0.2) is 75.4 Å². The standard InChI is InChI=1S/C27H35FN7O3P/c1-8-25(36)30-20-15-21(23(38-5)16-22(20)35(4)14-13-34(2)3)32-27-29-17-18(28)26(33-27)31-19-11-9-10-12-24(19)39(6,7)37/h8-12,15-17H,1,13-14H2,2-7H3,(H,30,36)(H2,29,31,32,33). The van der Waals surface area contributed by atoms with Crippen molar-refractivity contribution in [3.8, 4) is 5.75 Å². The Hall–Kier alpha value is -3.95. The van der Waals surface area contributed by atoms with Crippen molar-refractivity contribution >= 4 is 52.9 Å². The van der Waals surface area contributed by atoms with Crippen molar-refractivity contribution in [2.75, 3.05) is 75.5 Å². The smallest absolute Gasteiger partial charge is 0.247 e. The summed E-state index contributed by atoms with van der Waals surface area (Å²) in [5.41, 5.74) is 2.19. The molecule has 0 aliphatic rings. The molecule has 1 heterocycles. The first-order valence-corrected chi connectivity index (χ1v) is 14.8. The van der Waals surface area contributed by atoms with E-state index in [1.807, 2.05) is 26.0 Å². The number of carbonyl (C=O) groups excluding carboxylic acids is 1. The zero-order chi connectivity index (χ0) is 28.7. The van der Waals surface area contributed by atoms with Crippen LogP contribution < -0.4 is 30.9 Å². The number of aromatic nitrogens is 2. The molecule has 0 radical (unpaired) electrons. The van der Waals surface area contributed by atoms with Crippen LogP contribution in [0.1, 0.15) is 0 Å². The quantitative estimate of drug-likeness (QED) is 0.220. The van der Waals surface area contributed by atoms with Gasteiger partial charge in [-0.05, 0) is 51.7 Å². The number of rotatable bonds is 12. The second-order valence-electron chi connectivity index (χ2n) is 9.50. The number of likely N-dealkylation sites (N-methyl/N-ethyl adjacent to an activating group) is 2. The van der Waals surface area contributed by atoms with Crippen LogP contribution >= 0.6 is 7.14 Å². The average molecular weight is 556 g/mol. The van der Waals surface area contributed by atoms with Crippen LogP contribution in [0, 0.1) is 5.82 Å². The number of benzene rings is 2. The van der Waals surface area contributed by atoms with Crippen molar-refractivity contribution in [1.29, 1.82) is 0 Å². The molecular formula is C27H35FN7O3P. The fourth-order valence-corrected chi connectivity index (χ4v) is 4.87. The monoisotopic (exact) mass is 555 g/mol. The first kappa shape index (κ1) is 29.6. The topological polar surface area (TPSA) is 112 Å². The summed E-state index contributed by atoms with van der Waals surface area (Å²) >= 11 is 0. The number of halogens is 1. The van der Waals surface area contributed by atoms with E-state index in [0.29, 0.717) is 34.7 Å². The predicted molar refractivity (Wildman–Crippen MR) is 158 cm³/mol. The van der Waals surface area contributed by atoms with E-state index in [1.165, 1.54) is 13.2 Å². The molecule has 0 atom stereocenters. The maximum absolute atomic E-state index is 14.7. The van der Waals surface area contributed by atoms with E-state index in [4.69, 9.17) is 4.74 Å². The summed E-state index contributed by atoms with van der Waals surface area (Å²) in [6.07, 6.45) is 2.22. The fourth-order valence-electron chi connectivity index (χ4n) is 3.72. The van der Waals surface area contributed by atoms with E-state index in [0.717, 1.165) is 18.4 Å². The van der Waals surface area contributed by atoms with Crippen LogP contribution in [0.4, 0.5) is 38.9 Å². The van der Waals surface area contributed by atoms with Crippen molar-refractivity contribution < 1.29 is 18.5 Å². The molecular weight excluding hydrogens is 520 g/mol. The van der Waals surface area contributed by atoms with Gasteiger partial charge in [0.1, 0.15) is 12.9 Å². The minimum Gasteiger partial charge on any atom is -0.494 e. The van der Waals surface area contributed by atoms with Crippen LogP contribution in [0.15, 0.2) is 55.3 Å². The lowest BCUT2D eigenvalue weighted by atomic mass is 10.2. The van der Waals surface area contributed by atoms with Gasteiger partial charge in [0.15, 0.2) is 11.6 Å². The molecule has 208 valence electrons. The van der Waals surface area contributed by atoms with Gasteiger partial charge in [-0.3, -0.25) is 4.79 Å². The van der Waals surface area contributed by atoms with Gasteiger partial charge in [-0.15, -0.1) is 0 Å². The largest absolute Gasteiger partial charge is 0.494 e. The van der Waals surface area contributed by atoms with Crippen molar-refractivity contribution in [2.24, 2.45) is 0 Å². The highest BCUT2D eigenvalue weighted by molar-refractivity contribution is 7.70. The molecule has 0 aliphatic heterocycles. The molecule has 3 rings (SSSR count). The Morgan fingerprint density at radius 2 is 1.82 bits per heavy atom. The number of hydrogen-bond acceptors (Lipinski definition) is 9. The summed E-state index contributed by atoms with van der Waals surface area (Å²) < 4.78 is 33.1. The highest BCUT2D eigenvalue weighted by Crippen LogP contribution is 2.39. The number of anilines is 6. The summed E-state index contributed by atoms with van der Waals surface area (Å²) in [7, 11) is 4.76. The lowest BCUT2D eigenvalue weighted by molar-refractivity contribution is -0.111. The van der Waals surface area contributed by atoms with Gasteiger partial charge in [-0.1, -0.05) is 18.7 Å². The summed E-state index contributed by atoms with van der Waals surface area (Å²) in [5.74, 6) is -0.598. The minimum absolute atomic E-state index is 0.0839. The normalized spacial score (nSPS) is 11.2. The number of methoxy groups -OCH3 is 1. The summed E-state index contributed by atoms with van der Waals surface area (Å²) in [5, 5.41) is 9.41. The molecule has 3 aromatic rings. The van der Waals surface area contributed by atoms with Gasteiger partial charge in [-0.2, -0.15) is 4.98 Å². The molecule has 12 heteroatoms. The Kier molecular flexibility index (Phi) is 9.66. The number of hydrogen-bond donors (Lipinski definition) is 3. The van der Waals surface area contributed by atoms with Gasteiger partial charge in [-0.25, -0.2) is 9.37 Å². The number of para-hydroxylation sites is 1. The van der Waals surface area contributed by atoms with Gasteiger partial charge in [0.05, 0.1) is 36.1 Å². The molecule has 0 bridgehead atoms. The van der Waals surface area contributed by atoms with Crippen LogP contribution in [0.5, 0.6) is 5.75 Å². The van der Waals surface area contributed by atoms with Gasteiger partial charge in [0, 0.05) is 31.5 Å². The molecule has 10 nitrogen and oxygen atoms in total. The number of ether oxygens (including phenoxy) is 1. The van der Waals surface area contributed by atoms with E-state index in [1.54, 1.807) is 49.7 Å². The average Bonchev–Trinajstić information content (AvgIpc) is 2.89. The van der Waals surface area contributed by atoms with Crippen molar-refractivity contribution in [2.45, 2.75) is 0 Å². The minimum atomic E-state index is -2.64. The van der Waals surface area contributed by atoms with Crippen LogP contribution in [0.3, 0.4) is 0 Å². The summed E-state index contributed by atoms with van der Waals surface area (Å²) in [6.45, 7) is 8.32. The number of nitrogens with one attached hydrogen (secondary N) is 3. The number of nitrogens with zero attached hydrogens (tertiary/aromatic N) is 4. The molecule has 0 saturated heterocycles. The molecule has 0 unspecified atom stereocenters. The van der Waals surface area contributed by atoms with Gasteiger partial charge in [0.25, 0.3) is 0 Å². The molecule has 2 aromatic carbocycles. The van der Waals surface area contributed by atoms with Gasteiger partial charge in [0.2, 0.25) is 11.9 Å². The van der Waals surface area contributed by atoms with Crippen LogP contribution in [0.2, 0.25) is 0 Å². The lowest BCUT2D eigenvalue weighted by Gasteiger charge is -2.26. The zero-order valence-electron chi connectivity index (χ0n) is 23.1. The fraction of sp³-hybridized carbons (Fsp3) is 0.296. The molecule has 39 heavy (non-hydrogen) atoms.